The first kappa shape index (κ1) is 12.0. The highest BCUT2D eigenvalue weighted by Gasteiger charge is 2.20. The maximum absolute atomic E-state index is 11.8. The van der Waals surface area contributed by atoms with Gasteiger partial charge in [0.15, 0.2) is 9.84 Å². The van der Waals surface area contributed by atoms with Gasteiger partial charge in [0.2, 0.25) is 0 Å². The van der Waals surface area contributed by atoms with E-state index < -0.39 is 15.9 Å². The largest absolute Gasteiger partial charge is 0.397 e. The second-order valence-electron chi connectivity index (χ2n) is 3.62. The van der Waals surface area contributed by atoms with Gasteiger partial charge in [0.25, 0.3) is 0 Å². The molecule has 1 aromatic rings. The Bertz CT molecular complexity index is 452. The number of para-hydroxylation sites is 1. The van der Waals surface area contributed by atoms with Gasteiger partial charge in [-0.1, -0.05) is 12.1 Å². The highest BCUT2D eigenvalue weighted by molar-refractivity contribution is 7.91. The summed E-state index contributed by atoms with van der Waals surface area (Å²) in [5.41, 5.74) is 6.67. The maximum Gasteiger partial charge on any atom is 0.182 e. The molecule has 0 aliphatic carbocycles. The van der Waals surface area contributed by atoms with Crippen molar-refractivity contribution in [2.24, 2.45) is 0 Å². The van der Waals surface area contributed by atoms with Crippen LogP contribution in [0.1, 0.15) is 12.5 Å². The van der Waals surface area contributed by atoms with E-state index in [2.05, 4.69) is 0 Å². The SMILES string of the molecule is Cc1cccc(S(=O)(=O)CC(C)O)c1N. The predicted octanol–water partition coefficient (Wildman–Crippen LogP) is 0.732. The van der Waals surface area contributed by atoms with E-state index in [1.807, 2.05) is 0 Å². The second kappa shape index (κ2) is 4.20. The molecule has 3 N–H and O–H groups in total. The number of aliphatic hydroxyl groups is 1. The first-order valence-electron chi connectivity index (χ1n) is 4.60. The lowest BCUT2D eigenvalue weighted by Crippen LogP contribution is -2.19. The Balaban J connectivity index is 3.22. The smallest absolute Gasteiger partial charge is 0.182 e. The summed E-state index contributed by atoms with van der Waals surface area (Å²) >= 11 is 0. The fourth-order valence-corrected chi connectivity index (χ4v) is 2.93. The van der Waals surface area contributed by atoms with Crippen LogP contribution < -0.4 is 5.73 Å². The maximum atomic E-state index is 11.8. The van der Waals surface area contributed by atoms with Crippen molar-refractivity contribution in [2.75, 3.05) is 11.5 Å². The van der Waals surface area contributed by atoms with Gasteiger partial charge in [-0.3, -0.25) is 0 Å². The van der Waals surface area contributed by atoms with Gasteiger partial charge in [-0.05, 0) is 25.5 Å². The first-order chi connectivity index (χ1) is 6.84. The van der Waals surface area contributed by atoms with Crippen LogP contribution in [0.15, 0.2) is 23.1 Å². The van der Waals surface area contributed by atoms with E-state index in [-0.39, 0.29) is 16.3 Å². The number of nitrogen functional groups attached to an aromatic ring is 1. The average Bonchev–Trinajstić information content (AvgIpc) is 2.07. The number of sulfone groups is 1. The molecule has 0 bridgehead atoms. The summed E-state index contributed by atoms with van der Waals surface area (Å²) in [7, 11) is -3.49. The number of anilines is 1. The van der Waals surface area contributed by atoms with Crippen LogP contribution in [-0.2, 0) is 9.84 Å². The molecule has 84 valence electrons. The molecule has 0 spiro atoms. The number of hydrogen-bond donors (Lipinski definition) is 2. The van der Waals surface area contributed by atoms with Crippen molar-refractivity contribution in [2.45, 2.75) is 24.8 Å². The van der Waals surface area contributed by atoms with E-state index in [0.717, 1.165) is 5.56 Å². The number of aliphatic hydroxyl groups excluding tert-OH is 1. The molecule has 0 saturated heterocycles. The predicted molar refractivity (Wildman–Crippen MR) is 59.3 cm³/mol. The van der Waals surface area contributed by atoms with Crippen molar-refractivity contribution in [3.8, 4) is 0 Å². The molecule has 0 fully saturated rings. The number of hydrogen-bond acceptors (Lipinski definition) is 4. The molecule has 1 rings (SSSR count). The Hall–Kier alpha value is -1.07. The zero-order chi connectivity index (χ0) is 11.6. The Kier molecular flexibility index (Phi) is 3.36. The molecule has 0 amide bonds. The van der Waals surface area contributed by atoms with Gasteiger partial charge in [0.05, 0.1) is 22.4 Å². The molecule has 1 unspecified atom stereocenters. The summed E-state index contributed by atoms with van der Waals surface area (Å²) in [6.45, 7) is 3.18. The normalized spacial score (nSPS) is 13.8. The molecule has 4 nitrogen and oxygen atoms in total. The molecular weight excluding hydrogens is 214 g/mol. The van der Waals surface area contributed by atoms with Crippen LogP contribution in [0, 0.1) is 6.92 Å². The van der Waals surface area contributed by atoms with Gasteiger partial charge in [0.1, 0.15) is 0 Å². The molecule has 1 atom stereocenters. The lowest BCUT2D eigenvalue weighted by atomic mass is 10.2. The van der Waals surface area contributed by atoms with E-state index >= 15 is 0 Å². The number of rotatable bonds is 3. The van der Waals surface area contributed by atoms with Crippen molar-refractivity contribution in [1.82, 2.24) is 0 Å². The van der Waals surface area contributed by atoms with Crippen LogP contribution in [-0.4, -0.2) is 25.4 Å². The molecule has 0 saturated carbocycles. The molecule has 0 heterocycles. The highest BCUT2D eigenvalue weighted by atomic mass is 32.2. The lowest BCUT2D eigenvalue weighted by Gasteiger charge is -2.10. The summed E-state index contributed by atoms with van der Waals surface area (Å²) in [5, 5.41) is 9.09. The van der Waals surface area contributed by atoms with Crippen molar-refractivity contribution in [3.63, 3.8) is 0 Å². The standard InChI is InChI=1S/C10H15NO3S/c1-7-4-3-5-9(10(7)11)15(13,14)6-8(2)12/h3-5,8,12H,6,11H2,1-2H3. The van der Waals surface area contributed by atoms with E-state index in [1.54, 1.807) is 19.1 Å². The minimum absolute atomic E-state index is 0.100. The van der Waals surface area contributed by atoms with Crippen molar-refractivity contribution in [1.29, 1.82) is 0 Å². The Morgan fingerprint density at radius 1 is 1.47 bits per heavy atom. The molecule has 15 heavy (non-hydrogen) atoms. The molecule has 0 aliphatic heterocycles. The van der Waals surface area contributed by atoms with Gasteiger partial charge < -0.3 is 10.8 Å². The molecule has 0 aliphatic rings. The van der Waals surface area contributed by atoms with Crippen LogP contribution in [0.3, 0.4) is 0 Å². The van der Waals surface area contributed by atoms with Gasteiger partial charge in [-0.2, -0.15) is 0 Å². The van der Waals surface area contributed by atoms with Gasteiger partial charge >= 0.3 is 0 Å². The fourth-order valence-electron chi connectivity index (χ4n) is 1.33. The number of benzene rings is 1. The van der Waals surface area contributed by atoms with Crippen LogP contribution in [0.4, 0.5) is 5.69 Å². The molecule has 0 aromatic heterocycles. The third-order valence-electron chi connectivity index (χ3n) is 2.08. The quantitative estimate of drug-likeness (QED) is 0.749. The zero-order valence-corrected chi connectivity index (χ0v) is 9.58. The van der Waals surface area contributed by atoms with Crippen molar-refractivity contribution >= 4 is 15.5 Å². The zero-order valence-electron chi connectivity index (χ0n) is 8.77. The van der Waals surface area contributed by atoms with Crippen LogP contribution in [0.5, 0.6) is 0 Å². The molecule has 0 radical (unpaired) electrons. The van der Waals surface area contributed by atoms with E-state index in [9.17, 15) is 8.42 Å². The van der Waals surface area contributed by atoms with Crippen LogP contribution in [0.25, 0.3) is 0 Å². The Labute approximate surface area is 89.7 Å². The third-order valence-corrected chi connectivity index (χ3v) is 4.03. The van der Waals surface area contributed by atoms with E-state index in [0.29, 0.717) is 0 Å². The Morgan fingerprint density at radius 2 is 2.07 bits per heavy atom. The highest BCUT2D eigenvalue weighted by Crippen LogP contribution is 2.23. The third kappa shape index (κ3) is 2.70. The van der Waals surface area contributed by atoms with Crippen molar-refractivity contribution in [3.05, 3.63) is 23.8 Å². The van der Waals surface area contributed by atoms with Gasteiger partial charge in [-0.15, -0.1) is 0 Å². The van der Waals surface area contributed by atoms with Gasteiger partial charge in [-0.25, -0.2) is 8.42 Å². The van der Waals surface area contributed by atoms with Crippen LogP contribution >= 0.6 is 0 Å². The second-order valence-corrected chi connectivity index (χ2v) is 5.62. The Morgan fingerprint density at radius 3 is 2.60 bits per heavy atom. The first-order valence-corrected chi connectivity index (χ1v) is 6.25. The molecule has 1 aromatic carbocycles. The summed E-state index contributed by atoms with van der Waals surface area (Å²) in [6.07, 6.45) is -0.894. The lowest BCUT2D eigenvalue weighted by molar-refractivity contribution is 0.218. The molecular formula is C10H15NO3S. The summed E-state index contributed by atoms with van der Waals surface area (Å²) in [5.74, 6) is -0.305. The minimum Gasteiger partial charge on any atom is -0.397 e. The van der Waals surface area contributed by atoms with Crippen molar-refractivity contribution < 1.29 is 13.5 Å². The number of nitrogens with two attached hydrogens (primary N) is 1. The summed E-state index contributed by atoms with van der Waals surface area (Å²) < 4.78 is 23.6. The summed E-state index contributed by atoms with van der Waals surface area (Å²) in [4.78, 5) is 0.100. The monoisotopic (exact) mass is 229 g/mol. The molecule has 5 heteroatoms. The average molecular weight is 229 g/mol. The van der Waals surface area contributed by atoms with Gasteiger partial charge in [0, 0.05) is 0 Å². The summed E-state index contributed by atoms with van der Waals surface area (Å²) in [6, 6.07) is 4.84. The minimum atomic E-state index is -3.49. The van der Waals surface area contributed by atoms with E-state index in [4.69, 9.17) is 10.8 Å². The van der Waals surface area contributed by atoms with Crippen LogP contribution in [0.2, 0.25) is 0 Å². The topological polar surface area (TPSA) is 80.4 Å². The fraction of sp³-hybridized carbons (Fsp3) is 0.400. The number of aryl methyl sites for hydroxylation is 1. The van der Waals surface area contributed by atoms with E-state index in [1.165, 1.54) is 13.0 Å².